The highest BCUT2D eigenvalue weighted by molar-refractivity contribution is 5.84. The van der Waals surface area contributed by atoms with Crippen LogP contribution in [0.1, 0.15) is 46.5 Å². The zero-order valence-corrected chi connectivity index (χ0v) is 10.5. The Bertz CT molecular complexity index is 343. The molecule has 2 nitrogen and oxygen atoms in total. The molecule has 16 heavy (non-hydrogen) atoms. The average Bonchev–Trinajstić information content (AvgIpc) is 2.51. The largest absolute Gasteiger partial charge is 0.390 e. The fraction of sp³-hybridized carbons (Fsp3) is 0.929. The van der Waals surface area contributed by atoms with Gasteiger partial charge in [-0.25, -0.2) is 0 Å². The number of aliphatic hydroxyl groups is 1. The molecule has 0 unspecified atom stereocenters. The van der Waals surface area contributed by atoms with Gasteiger partial charge in [-0.3, -0.25) is 4.79 Å². The van der Waals surface area contributed by atoms with Crippen molar-refractivity contribution in [1.82, 2.24) is 0 Å². The first kappa shape index (κ1) is 10.8. The molecule has 0 aromatic heterocycles. The van der Waals surface area contributed by atoms with Gasteiger partial charge in [-0.2, -0.15) is 0 Å². The standard InChI is InChI=1S/C14H22O2/c1-13(2)9-6-7-14(3,16)8-4-5-10(15)11(8)12(9)13/h8-9,11-12,16H,4-7H2,1-3H3/t8-,9+,11-,12+,14+/m0/s1. The molecule has 0 bridgehead atoms. The van der Waals surface area contributed by atoms with E-state index in [-0.39, 0.29) is 11.8 Å². The Kier molecular flexibility index (Phi) is 1.95. The Morgan fingerprint density at radius 2 is 1.88 bits per heavy atom. The van der Waals surface area contributed by atoms with E-state index in [0.717, 1.165) is 19.3 Å². The SMILES string of the molecule is CC1(C)[C@H]2[C@@H]3C(=O)CC[C@@H]3[C@](C)(O)CC[C@H]21. The number of hydrogen-bond acceptors (Lipinski definition) is 2. The highest BCUT2D eigenvalue weighted by Crippen LogP contribution is 2.69. The summed E-state index contributed by atoms with van der Waals surface area (Å²) in [6.07, 6.45) is 3.59. The summed E-state index contributed by atoms with van der Waals surface area (Å²) in [5.41, 5.74) is -0.250. The van der Waals surface area contributed by atoms with E-state index in [4.69, 9.17) is 0 Å². The van der Waals surface area contributed by atoms with E-state index >= 15 is 0 Å². The number of Topliss-reactive ketones (excluding diaryl/α,β-unsaturated/α-hetero) is 1. The van der Waals surface area contributed by atoms with E-state index in [2.05, 4.69) is 13.8 Å². The third-order valence-corrected chi connectivity index (χ3v) is 5.79. The zero-order valence-electron chi connectivity index (χ0n) is 10.5. The lowest BCUT2D eigenvalue weighted by Crippen LogP contribution is -2.38. The normalized spacial score (nSPS) is 54.1. The molecule has 0 saturated heterocycles. The molecule has 0 amide bonds. The molecule has 0 aliphatic heterocycles. The Hall–Kier alpha value is -0.370. The van der Waals surface area contributed by atoms with Crippen molar-refractivity contribution < 1.29 is 9.90 Å². The van der Waals surface area contributed by atoms with Crippen molar-refractivity contribution in [3.63, 3.8) is 0 Å². The lowest BCUT2D eigenvalue weighted by molar-refractivity contribution is -0.124. The van der Waals surface area contributed by atoms with Crippen LogP contribution in [0.4, 0.5) is 0 Å². The molecule has 3 aliphatic carbocycles. The lowest BCUT2D eigenvalue weighted by atomic mass is 9.76. The molecule has 90 valence electrons. The van der Waals surface area contributed by atoms with Gasteiger partial charge in [-0.1, -0.05) is 13.8 Å². The van der Waals surface area contributed by atoms with Crippen LogP contribution in [-0.2, 0) is 4.79 Å². The molecule has 0 aromatic rings. The smallest absolute Gasteiger partial charge is 0.136 e. The average molecular weight is 222 g/mol. The molecule has 5 atom stereocenters. The number of carbonyl (C=O) groups is 1. The maximum atomic E-state index is 12.1. The second-order valence-corrected chi connectivity index (χ2v) is 6.99. The van der Waals surface area contributed by atoms with E-state index in [1.807, 2.05) is 6.92 Å². The quantitative estimate of drug-likeness (QED) is 0.683. The summed E-state index contributed by atoms with van der Waals surface area (Å²) in [5.74, 6) is 2.06. The van der Waals surface area contributed by atoms with Crippen LogP contribution < -0.4 is 0 Å². The van der Waals surface area contributed by atoms with Gasteiger partial charge >= 0.3 is 0 Å². The van der Waals surface area contributed by atoms with Crippen molar-refractivity contribution in [2.75, 3.05) is 0 Å². The van der Waals surface area contributed by atoms with E-state index < -0.39 is 5.60 Å². The predicted molar refractivity (Wildman–Crippen MR) is 61.8 cm³/mol. The molecule has 3 aliphatic rings. The Balaban J connectivity index is 1.97. The van der Waals surface area contributed by atoms with Crippen molar-refractivity contribution in [1.29, 1.82) is 0 Å². The van der Waals surface area contributed by atoms with Crippen LogP contribution in [0.2, 0.25) is 0 Å². The van der Waals surface area contributed by atoms with Gasteiger partial charge < -0.3 is 5.11 Å². The molecule has 1 N–H and O–H groups in total. The van der Waals surface area contributed by atoms with Crippen LogP contribution >= 0.6 is 0 Å². The minimum atomic E-state index is -0.597. The van der Waals surface area contributed by atoms with Gasteiger partial charge in [0.2, 0.25) is 0 Å². The van der Waals surface area contributed by atoms with Crippen LogP contribution in [0.5, 0.6) is 0 Å². The highest BCUT2D eigenvalue weighted by Gasteiger charge is 2.67. The first-order valence-corrected chi connectivity index (χ1v) is 6.61. The summed E-state index contributed by atoms with van der Waals surface area (Å²) in [6, 6.07) is 0. The monoisotopic (exact) mass is 222 g/mol. The molecule has 3 fully saturated rings. The third kappa shape index (κ3) is 1.20. The number of ketones is 1. The van der Waals surface area contributed by atoms with Gasteiger partial charge in [0.25, 0.3) is 0 Å². The second kappa shape index (κ2) is 2.90. The minimum absolute atomic E-state index is 0.164. The molecular formula is C14H22O2. The summed E-state index contributed by atoms with van der Waals surface area (Å²) in [4.78, 5) is 12.1. The van der Waals surface area contributed by atoms with Crippen molar-refractivity contribution >= 4 is 5.78 Å². The fourth-order valence-electron chi connectivity index (χ4n) is 4.70. The van der Waals surface area contributed by atoms with Gasteiger partial charge in [0.15, 0.2) is 0 Å². The number of carbonyl (C=O) groups excluding carboxylic acids is 1. The van der Waals surface area contributed by atoms with Crippen molar-refractivity contribution in [3.05, 3.63) is 0 Å². The first-order chi connectivity index (χ1) is 7.36. The van der Waals surface area contributed by atoms with Gasteiger partial charge in [0, 0.05) is 12.3 Å². The molecule has 0 aromatic carbocycles. The van der Waals surface area contributed by atoms with Crippen LogP contribution in [0, 0.1) is 29.1 Å². The molecule has 3 rings (SSSR count). The number of fused-ring (bicyclic) bond motifs is 3. The Labute approximate surface area is 97.4 Å². The van der Waals surface area contributed by atoms with Crippen LogP contribution in [0.25, 0.3) is 0 Å². The molecular weight excluding hydrogens is 200 g/mol. The summed E-state index contributed by atoms with van der Waals surface area (Å²) >= 11 is 0. The van der Waals surface area contributed by atoms with E-state index in [1.165, 1.54) is 0 Å². The highest BCUT2D eigenvalue weighted by atomic mass is 16.3. The van der Waals surface area contributed by atoms with Gasteiger partial charge in [0.1, 0.15) is 5.78 Å². The lowest BCUT2D eigenvalue weighted by Gasteiger charge is -2.33. The summed E-state index contributed by atoms with van der Waals surface area (Å²) in [6.45, 7) is 6.54. The van der Waals surface area contributed by atoms with E-state index in [0.29, 0.717) is 29.5 Å². The zero-order chi connectivity index (χ0) is 11.7. The van der Waals surface area contributed by atoms with Crippen LogP contribution in [0.3, 0.4) is 0 Å². The van der Waals surface area contributed by atoms with E-state index in [9.17, 15) is 9.90 Å². The summed E-state index contributed by atoms with van der Waals surface area (Å²) in [5, 5.41) is 10.5. The first-order valence-electron chi connectivity index (χ1n) is 6.61. The second-order valence-electron chi connectivity index (χ2n) is 6.99. The van der Waals surface area contributed by atoms with E-state index in [1.54, 1.807) is 0 Å². The van der Waals surface area contributed by atoms with Crippen molar-refractivity contribution in [2.45, 2.75) is 52.1 Å². The number of hydrogen-bond donors (Lipinski definition) is 1. The Morgan fingerprint density at radius 3 is 2.56 bits per heavy atom. The third-order valence-electron chi connectivity index (χ3n) is 5.79. The fourth-order valence-corrected chi connectivity index (χ4v) is 4.70. The maximum absolute atomic E-state index is 12.1. The number of rotatable bonds is 0. The summed E-state index contributed by atoms with van der Waals surface area (Å²) < 4.78 is 0. The van der Waals surface area contributed by atoms with Crippen molar-refractivity contribution in [3.8, 4) is 0 Å². The topological polar surface area (TPSA) is 37.3 Å². The molecule has 0 heterocycles. The maximum Gasteiger partial charge on any atom is 0.136 e. The minimum Gasteiger partial charge on any atom is -0.390 e. The molecule has 0 radical (unpaired) electrons. The van der Waals surface area contributed by atoms with Crippen LogP contribution in [0.15, 0.2) is 0 Å². The van der Waals surface area contributed by atoms with Crippen LogP contribution in [-0.4, -0.2) is 16.5 Å². The van der Waals surface area contributed by atoms with Crippen molar-refractivity contribution in [2.24, 2.45) is 29.1 Å². The summed E-state index contributed by atoms with van der Waals surface area (Å²) in [7, 11) is 0. The predicted octanol–water partition coefficient (Wildman–Crippen LogP) is 2.40. The molecule has 2 heteroatoms. The molecule has 0 spiro atoms. The Morgan fingerprint density at radius 1 is 1.19 bits per heavy atom. The van der Waals surface area contributed by atoms with Gasteiger partial charge in [-0.05, 0) is 49.4 Å². The van der Waals surface area contributed by atoms with Gasteiger partial charge in [-0.15, -0.1) is 0 Å². The van der Waals surface area contributed by atoms with Gasteiger partial charge in [0.05, 0.1) is 5.60 Å². The molecule has 3 saturated carbocycles.